The first kappa shape index (κ1) is 17.2. The highest BCUT2D eigenvalue weighted by atomic mass is 32.1. The first-order valence-electron chi connectivity index (χ1n) is 8.71. The van der Waals surface area contributed by atoms with Gasteiger partial charge in [0.1, 0.15) is 0 Å². The molecule has 0 saturated carbocycles. The van der Waals surface area contributed by atoms with Crippen LogP contribution < -0.4 is 5.32 Å². The molecule has 2 aromatic rings. The van der Waals surface area contributed by atoms with Gasteiger partial charge in [0, 0.05) is 17.5 Å². The molecule has 2 heterocycles. The van der Waals surface area contributed by atoms with E-state index in [-0.39, 0.29) is 11.9 Å². The van der Waals surface area contributed by atoms with E-state index >= 15 is 0 Å². The molecular weight excluding hydrogens is 316 g/mol. The number of hydrogen-bond acceptors (Lipinski definition) is 3. The van der Waals surface area contributed by atoms with Crippen molar-refractivity contribution in [1.82, 2.24) is 10.2 Å². The first-order valence-corrected chi connectivity index (χ1v) is 9.59. The molecule has 1 aliphatic rings. The Balaban J connectivity index is 1.65. The number of benzene rings is 1. The van der Waals surface area contributed by atoms with Gasteiger partial charge in [-0.3, -0.25) is 9.69 Å². The number of carbonyl (C=O) groups excluding carboxylic acids is 1. The number of hydrogen-bond donors (Lipinski definition) is 1. The average Bonchev–Trinajstić information content (AvgIpc) is 3.05. The number of thiophene rings is 1. The van der Waals surface area contributed by atoms with E-state index in [0.717, 1.165) is 13.0 Å². The van der Waals surface area contributed by atoms with Crippen molar-refractivity contribution in [3.8, 4) is 0 Å². The van der Waals surface area contributed by atoms with E-state index in [2.05, 4.69) is 54.6 Å². The summed E-state index contributed by atoms with van der Waals surface area (Å²) < 4.78 is 0. The molecule has 128 valence electrons. The molecule has 0 spiro atoms. The van der Waals surface area contributed by atoms with Gasteiger partial charge < -0.3 is 5.32 Å². The monoisotopic (exact) mass is 342 g/mol. The third-order valence-corrected chi connectivity index (χ3v) is 5.89. The number of amides is 1. The molecule has 0 unspecified atom stereocenters. The summed E-state index contributed by atoms with van der Waals surface area (Å²) in [5.41, 5.74) is 2.56. The van der Waals surface area contributed by atoms with E-state index in [1.165, 1.54) is 16.0 Å². The lowest BCUT2D eigenvalue weighted by Crippen LogP contribution is -2.43. The molecule has 0 aliphatic carbocycles. The van der Waals surface area contributed by atoms with E-state index in [9.17, 15) is 4.79 Å². The fourth-order valence-corrected chi connectivity index (χ4v) is 4.44. The number of fused-ring (bicyclic) bond motifs is 1. The quantitative estimate of drug-likeness (QED) is 0.884. The van der Waals surface area contributed by atoms with Gasteiger partial charge in [-0.25, -0.2) is 0 Å². The SMILES string of the molecule is CC(C)[C@H](NC(=O)CN1CCc2sccc2[C@H]1C)c1ccccc1. The van der Waals surface area contributed by atoms with Crippen molar-refractivity contribution in [2.75, 3.05) is 13.1 Å². The van der Waals surface area contributed by atoms with Gasteiger partial charge in [0.15, 0.2) is 0 Å². The minimum atomic E-state index is 0.0653. The van der Waals surface area contributed by atoms with Gasteiger partial charge in [-0.15, -0.1) is 11.3 Å². The summed E-state index contributed by atoms with van der Waals surface area (Å²) in [6.07, 6.45) is 1.05. The zero-order valence-electron chi connectivity index (χ0n) is 14.7. The highest BCUT2D eigenvalue weighted by Crippen LogP contribution is 2.32. The van der Waals surface area contributed by atoms with Crippen LogP contribution in [0.2, 0.25) is 0 Å². The van der Waals surface area contributed by atoms with Crippen LogP contribution in [0.5, 0.6) is 0 Å². The minimum absolute atomic E-state index is 0.0653. The van der Waals surface area contributed by atoms with E-state index in [1.807, 2.05) is 29.5 Å². The van der Waals surface area contributed by atoms with Crippen LogP contribution >= 0.6 is 11.3 Å². The average molecular weight is 343 g/mol. The van der Waals surface area contributed by atoms with Crippen molar-refractivity contribution >= 4 is 17.2 Å². The Labute approximate surface area is 148 Å². The molecule has 1 N–H and O–H groups in total. The number of nitrogens with zero attached hydrogens (tertiary/aromatic N) is 1. The molecule has 0 bridgehead atoms. The highest BCUT2D eigenvalue weighted by molar-refractivity contribution is 7.10. The Morgan fingerprint density at radius 3 is 2.75 bits per heavy atom. The Morgan fingerprint density at radius 1 is 1.29 bits per heavy atom. The van der Waals surface area contributed by atoms with Crippen molar-refractivity contribution in [3.05, 3.63) is 57.8 Å². The summed E-state index contributed by atoms with van der Waals surface area (Å²) in [7, 11) is 0. The van der Waals surface area contributed by atoms with Crippen LogP contribution in [0.3, 0.4) is 0 Å². The molecule has 0 saturated heterocycles. The molecule has 3 rings (SSSR count). The van der Waals surface area contributed by atoms with Crippen molar-refractivity contribution < 1.29 is 4.79 Å². The zero-order chi connectivity index (χ0) is 17.1. The van der Waals surface area contributed by atoms with Crippen LogP contribution in [0.25, 0.3) is 0 Å². The Kier molecular flexibility index (Phi) is 5.36. The lowest BCUT2D eigenvalue weighted by atomic mass is 9.96. The van der Waals surface area contributed by atoms with Crippen LogP contribution in [0.1, 0.15) is 48.9 Å². The van der Waals surface area contributed by atoms with E-state index in [4.69, 9.17) is 0 Å². The van der Waals surface area contributed by atoms with Crippen LogP contribution in [0.4, 0.5) is 0 Å². The van der Waals surface area contributed by atoms with Gasteiger partial charge in [0.2, 0.25) is 5.91 Å². The topological polar surface area (TPSA) is 32.3 Å². The number of nitrogens with one attached hydrogen (secondary N) is 1. The smallest absolute Gasteiger partial charge is 0.234 e. The summed E-state index contributed by atoms with van der Waals surface area (Å²) in [4.78, 5) is 16.4. The van der Waals surface area contributed by atoms with Crippen LogP contribution in [0.15, 0.2) is 41.8 Å². The normalized spacial score (nSPS) is 19.1. The molecule has 4 heteroatoms. The number of rotatable bonds is 5. The standard InChI is InChI=1S/C20H26N2OS/c1-14(2)20(16-7-5-4-6-8-16)21-19(23)13-22-11-9-18-17(15(22)3)10-12-24-18/h4-8,10,12,14-15,20H,9,11,13H2,1-3H3,(H,21,23)/t15-,20+/m1/s1. The van der Waals surface area contributed by atoms with Gasteiger partial charge in [-0.2, -0.15) is 0 Å². The maximum atomic E-state index is 12.6. The Hall–Kier alpha value is -1.65. The molecule has 3 nitrogen and oxygen atoms in total. The van der Waals surface area contributed by atoms with Gasteiger partial charge >= 0.3 is 0 Å². The van der Waals surface area contributed by atoms with Crippen molar-refractivity contribution in [3.63, 3.8) is 0 Å². The molecule has 1 amide bonds. The summed E-state index contributed by atoms with van der Waals surface area (Å²) in [6, 6.07) is 12.8. The molecule has 0 fully saturated rings. The van der Waals surface area contributed by atoms with E-state index in [0.29, 0.717) is 18.5 Å². The van der Waals surface area contributed by atoms with Gasteiger partial charge in [-0.1, -0.05) is 44.2 Å². The molecule has 1 aromatic heterocycles. The van der Waals surface area contributed by atoms with Crippen LogP contribution in [0, 0.1) is 5.92 Å². The largest absolute Gasteiger partial charge is 0.348 e. The second-order valence-electron chi connectivity index (χ2n) is 6.90. The van der Waals surface area contributed by atoms with E-state index < -0.39 is 0 Å². The van der Waals surface area contributed by atoms with Crippen molar-refractivity contribution in [2.24, 2.45) is 5.92 Å². The Morgan fingerprint density at radius 2 is 2.04 bits per heavy atom. The zero-order valence-corrected chi connectivity index (χ0v) is 15.5. The maximum absolute atomic E-state index is 12.6. The molecule has 24 heavy (non-hydrogen) atoms. The lowest BCUT2D eigenvalue weighted by Gasteiger charge is -2.33. The molecule has 1 aromatic carbocycles. The van der Waals surface area contributed by atoms with Crippen LogP contribution in [-0.4, -0.2) is 23.9 Å². The first-order chi connectivity index (χ1) is 11.6. The highest BCUT2D eigenvalue weighted by Gasteiger charge is 2.27. The van der Waals surface area contributed by atoms with E-state index in [1.54, 1.807) is 0 Å². The summed E-state index contributed by atoms with van der Waals surface area (Å²) in [5, 5.41) is 5.40. The van der Waals surface area contributed by atoms with Crippen molar-refractivity contribution in [2.45, 2.75) is 39.3 Å². The predicted molar refractivity (Wildman–Crippen MR) is 100 cm³/mol. The Bertz CT molecular complexity index is 680. The summed E-state index contributed by atoms with van der Waals surface area (Å²) >= 11 is 1.83. The minimum Gasteiger partial charge on any atom is -0.348 e. The second-order valence-corrected chi connectivity index (χ2v) is 7.90. The fourth-order valence-electron chi connectivity index (χ4n) is 3.48. The third kappa shape index (κ3) is 3.70. The molecule has 2 atom stereocenters. The van der Waals surface area contributed by atoms with Crippen molar-refractivity contribution in [1.29, 1.82) is 0 Å². The lowest BCUT2D eigenvalue weighted by molar-refractivity contribution is -0.124. The third-order valence-electron chi connectivity index (χ3n) is 4.89. The molecular formula is C20H26N2OS. The van der Waals surface area contributed by atoms with Crippen LogP contribution in [-0.2, 0) is 11.2 Å². The van der Waals surface area contributed by atoms with Gasteiger partial charge in [0.05, 0.1) is 12.6 Å². The number of carbonyl (C=O) groups is 1. The van der Waals surface area contributed by atoms with Gasteiger partial charge in [0.25, 0.3) is 0 Å². The summed E-state index contributed by atoms with van der Waals surface area (Å²) in [6.45, 7) is 7.93. The molecule has 1 aliphatic heterocycles. The maximum Gasteiger partial charge on any atom is 0.234 e. The fraction of sp³-hybridized carbons (Fsp3) is 0.450. The van der Waals surface area contributed by atoms with Gasteiger partial charge in [-0.05, 0) is 41.8 Å². The summed E-state index contributed by atoms with van der Waals surface area (Å²) in [5.74, 6) is 0.474. The molecule has 0 radical (unpaired) electrons. The predicted octanol–water partition coefficient (Wildman–Crippen LogP) is 4.18. The second kappa shape index (κ2) is 7.49.